The third-order valence-corrected chi connectivity index (χ3v) is 4.22. The fourth-order valence-corrected chi connectivity index (χ4v) is 2.92. The number of rotatable bonds is 9. The van der Waals surface area contributed by atoms with Gasteiger partial charge in [0.2, 0.25) is 5.91 Å². The van der Waals surface area contributed by atoms with Gasteiger partial charge in [-0.15, -0.1) is 11.7 Å². The van der Waals surface area contributed by atoms with Gasteiger partial charge >= 0.3 is 6.09 Å². The average Bonchev–Trinajstić information content (AvgIpc) is 2.35. The molecule has 0 aliphatic heterocycles. The lowest BCUT2D eigenvalue weighted by molar-refractivity contribution is -0.124. The average molecular weight is 323 g/mol. The first kappa shape index (κ1) is 19.4. The van der Waals surface area contributed by atoms with Crippen LogP contribution in [0.5, 0.6) is 0 Å². The lowest BCUT2D eigenvalue weighted by Crippen LogP contribution is -2.47. The predicted molar refractivity (Wildman–Crippen MR) is 86.4 cm³/mol. The van der Waals surface area contributed by atoms with E-state index in [0.717, 1.165) is 17.2 Å². The van der Waals surface area contributed by atoms with Crippen molar-refractivity contribution >= 4 is 34.5 Å². The van der Waals surface area contributed by atoms with E-state index in [1.165, 1.54) is 17.8 Å². The van der Waals surface area contributed by atoms with E-state index in [2.05, 4.69) is 36.1 Å². The van der Waals surface area contributed by atoms with Crippen LogP contribution in [-0.2, 0) is 4.79 Å². The third-order valence-electron chi connectivity index (χ3n) is 2.92. The van der Waals surface area contributed by atoms with E-state index in [9.17, 15) is 9.59 Å². The van der Waals surface area contributed by atoms with Gasteiger partial charge in [0.15, 0.2) is 0 Å². The lowest BCUT2D eigenvalue weighted by atomic mass is 9.96. The summed E-state index contributed by atoms with van der Waals surface area (Å²) in [5, 5.41) is 14.8. The van der Waals surface area contributed by atoms with Gasteiger partial charge in [0.1, 0.15) is 6.04 Å². The summed E-state index contributed by atoms with van der Waals surface area (Å²) in [4.78, 5) is 23.4. The molecule has 0 bridgehead atoms. The Balaban J connectivity index is 3.85. The van der Waals surface area contributed by atoms with Crippen LogP contribution in [0.15, 0.2) is 0 Å². The Morgan fingerprint density at radius 3 is 2.50 bits per heavy atom. The zero-order valence-electron chi connectivity index (χ0n) is 12.5. The highest BCUT2D eigenvalue weighted by molar-refractivity contribution is 8.68. The summed E-state index contributed by atoms with van der Waals surface area (Å²) in [6.07, 6.45) is -1.11. The minimum Gasteiger partial charge on any atom is -0.465 e. The van der Waals surface area contributed by atoms with Crippen molar-refractivity contribution in [2.24, 2.45) is 5.41 Å². The SMILES string of the molecule is C[C@H](C(=O)NCCNCC(C)(C)CSS)N(C)C(=O)O. The molecule has 0 spiro atoms. The van der Waals surface area contributed by atoms with Crippen molar-refractivity contribution in [3.8, 4) is 0 Å². The number of carboxylic acid groups (broad SMARTS) is 1. The number of amides is 2. The lowest BCUT2D eigenvalue weighted by Gasteiger charge is -2.24. The van der Waals surface area contributed by atoms with Crippen LogP contribution in [0.1, 0.15) is 20.8 Å². The summed E-state index contributed by atoms with van der Waals surface area (Å²) >= 11 is 4.14. The Bertz CT molecular complexity index is 327. The number of nitrogens with one attached hydrogen (secondary N) is 2. The molecule has 2 amide bonds. The molecule has 6 nitrogen and oxygen atoms in total. The second-order valence-corrected chi connectivity index (χ2v) is 6.80. The Kier molecular flexibility index (Phi) is 9.08. The predicted octanol–water partition coefficient (Wildman–Crippen LogP) is 1.29. The minimum atomic E-state index is -1.11. The van der Waals surface area contributed by atoms with Crippen molar-refractivity contribution in [3.05, 3.63) is 0 Å². The quantitative estimate of drug-likeness (QED) is 0.292. The van der Waals surface area contributed by atoms with Crippen molar-refractivity contribution in [1.82, 2.24) is 15.5 Å². The van der Waals surface area contributed by atoms with Gasteiger partial charge in [0, 0.05) is 32.4 Å². The number of carbonyl (C=O) groups excluding carboxylic acids is 1. The van der Waals surface area contributed by atoms with E-state index >= 15 is 0 Å². The second-order valence-electron chi connectivity index (χ2n) is 5.47. The van der Waals surface area contributed by atoms with Crippen LogP contribution in [0.2, 0.25) is 0 Å². The molecular formula is C12H25N3O3S2. The fraction of sp³-hybridized carbons (Fsp3) is 0.833. The van der Waals surface area contributed by atoms with Gasteiger partial charge in [0.25, 0.3) is 0 Å². The first-order chi connectivity index (χ1) is 9.21. The van der Waals surface area contributed by atoms with Gasteiger partial charge < -0.3 is 15.7 Å². The Morgan fingerprint density at radius 1 is 1.40 bits per heavy atom. The number of nitrogens with zero attached hydrogens (tertiary/aromatic N) is 1. The number of likely N-dealkylation sites (N-methyl/N-ethyl adjacent to an activating group) is 1. The van der Waals surface area contributed by atoms with Gasteiger partial charge in [-0.1, -0.05) is 24.6 Å². The zero-order valence-corrected chi connectivity index (χ0v) is 14.2. The largest absolute Gasteiger partial charge is 0.465 e. The van der Waals surface area contributed by atoms with Gasteiger partial charge in [0.05, 0.1) is 0 Å². The minimum absolute atomic E-state index is 0.146. The van der Waals surface area contributed by atoms with E-state index in [-0.39, 0.29) is 11.3 Å². The number of carbonyl (C=O) groups is 2. The molecule has 0 aliphatic carbocycles. The molecule has 0 aromatic rings. The highest BCUT2D eigenvalue weighted by Crippen LogP contribution is 2.22. The van der Waals surface area contributed by atoms with Crippen molar-refractivity contribution in [1.29, 1.82) is 0 Å². The first-order valence-electron chi connectivity index (χ1n) is 6.42. The van der Waals surface area contributed by atoms with Crippen LogP contribution in [0.4, 0.5) is 4.79 Å². The molecule has 0 saturated heterocycles. The molecule has 0 unspecified atom stereocenters. The maximum absolute atomic E-state index is 11.7. The topological polar surface area (TPSA) is 81.7 Å². The molecule has 0 aromatic carbocycles. The summed E-state index contributed by atoms with van der Waals surface area (Å²) in [7, 11) is 2.89. The van der Waals surface area contributed by atoms with Crippen molar-refractivity contribution in [2.75, 3.05) is 32.4 Å². The monoisotopic (exact) mass is 323 g/mol. The first-order valence-corrected chi connectivity index (χ1v) is 8.45. The molecule has 0 fully saturated rings. The van der Waals surface area contributed by atoms with E-state index in [1.54, 1.807) is 6.92 Å². The van der Waals surface area contributed by atoms with E-state index in [0.29, 0.717) is 13.1 Å². The molecule has 0 aromatic heterocycles. The molecule has 20 heavy (non-hydrogen) atoms. The summed E-state index contributed by atoms with van der Waals surface area (Å²) in [6, 6.07) is -0.690. The van der Waals surface area contributed by atoms with Crippen LogP contribution >= 0.6 is 22.5 Å². The van der Waals surface area contributed by atoms with Crippen LogP contribution < -0.4 is 10.6 Å². The maximum atomic E-state index is 11.7. The zero-order chi connectivity index (χ0) is 15.8. The van der Waals surface area contributed by atoms with Crippen molar-refractivity contribution < 1.29 is 14.7 Å². The number of hydrogen-bond acceptors (Lipinski definition) is 5. The van der Waals surface area contributed by atoms with Crippen molar-refractivity contribution in [2.45, 2.75) is 26.8 Å². The van der Waals surface area contributed by atoms with Gasteiger partial charge in [-0.25, -0.2) is 4.79 Å². The summed E-state index contributed by atoms with van der Waals surface area (Å²) in [5.74, 6) is 0.650. The second kappa shape index (κ2) is 9.36. The Hall–Kier alpha value is -0.600. The van der Waals surface area contributed by atoms with Gasteiger partial charge in [-0.05, 0) is 12.3 Å². The fourth-order valence-electron chi connectivity index (χ4n) is 1.42. The summed E-state index contributed by atoms with van der Waals surface area (Å²) in [6.45, 7) is 7.80. The van der Waals surface area contributed by atoms with E-state index in [1.807, 2.05) is 0 Å². The molecule has 3 N–H and O–H groups in total. The number of thiol groups is 1. The Morgan fingerprint density at radius 2 is 2.00 bits per heavy atom. The van der Waals surface area contributed by atoms with Crippen LogP contribution in [0, 0.1) is 5.41 Å². The molecular weight excluding hydrogens is 298 g/mol. The maximum Gasteiger partial charge on any atom is 0.407 e. The highest BCUT2D eigenvalue weighted by Gasteiger charge is 2.21. The normalized spacial score (nSPS) is 12.8. The Labute approximate surface area is 129 Å². The third kappa shape index (κ3) is 7.86. The molecule has 1 atom stereocenters. The van der Waals surface area contributed by atoms with E-state index in [4.69, 9.17) is 5.11 Å². The summed E-state index contributed by atoms with van der Waals surface area (Å²) in [5.41, 5.74) is 0.146. The molecule has 0 radical (unpaired) electrons. The standard InChI is InChI=1S/C12H25N3O3S2/c1-9(15(4)11(17)18)10(16)14-6-5-13-7-12(2,3)8-20-19/h9,13,19H,5-8H2,1-4H3,(H,14,16)(H,17,18)/t9-/m1/s1. The van der Waals surface area contributed by atoms with E-state index < -0.39 is 12.1 Å². The molecule has 0 saturated carbocycles. The van der Waals surface area contributed by atoms with Gasteiger partial charge in [-0.2, -0.15) is 0 Å². The van der Waals surface area contributed by atoms with Crippen molar-refractivity contribution in [3.63, 3.8) is 0 Å². The number of hydrogen-bond donors (Lipinski definition) is 4. The van der Waals surface area contributed by atoms with Crippen LogP contribution in [0.25, 0.3) is 0 Å². The summed E-state index contributed by atoms with van der Waals surface area (Å²) < 4.78 is 0. The molecule has 0 rings (SSSR count). The van der Waals surface area contributed by atoms with Gasteiger partial charge in [-0.3, -0.25) is 9.69 Å². The molecule has 0 aliphatic rings. The highest BCUT2D eigenvalue weighted by atomic mass is 33.1. The molecule has 0 heterocycles. The smallest absolute Gasteiger partial charge is 0.407 e. The van der Waals surface area contributed by atoms with Crippen LogP contribution in [0.3, 0.4) is 0 Å². The van der Waals surface area contributed by atoms with Crippen LogP contribution in [-0.4, -0.2) is 60.5 Å². The molecule has 118 valence electrons. The molecule has 8 heteroatoms.